The number of aliphatic hydroxyl groups excluding tert-OH is 4. The highest BCUT2D eigenvalue weighted by Crippen LogP contribution is 2.33. The molecule has 1 aliphatic carbocycles. The maximum absolute atomic E-state index is 10.5. The van der Waals surface area contributed by atoms with Crippen LogP contribution in [0.1, 0.15) is 12.8 Å². The van der Waals surface area contributed by atoms with Crippen LogP contribution in [0.3, 0.4) is 0 Å². The number of likely N-dealkylation sites (N-methyl/N-ethyl adjacent to an activating group) is 2. The summed E-state index contributed by atoms with van der Waals surface area (Å²) >= 11 is 0. The largest absolute Gasteiger partial charge is 0.389 e. The minimum absolute atomic E-state index is 0.291. The van der Waals surface area contributed by atoms with Crippen LogP contribution in [0, 0.1) is 0 Å². The van der Waals surface area contributed by atoms with Gasteiger partial charge < -0.3 is 56.7 Å². The minimum atomic E-state index is -1.21. The van der Waals surface area contributed by atoms with Gasteiger partial charge in [0.05, 0.1) is 24.3 Å². The van der Waals surface area contributed by atoms with Crippen molar-refractivity contribution in [2.75, 3.05) is 14.1 Å². The molecule has 0 spiro atoms. The first-order chi connectivity index (χ1) is 12.8. The molecule has 0 radical (unpaired) electrons. The second-order valence-corrected chi connectivity index (χ2v) is 7.62. The first-order valence-corrected chi connectivity index (χ1v) is 9.32. The van der Waals surface area contributed by atoms with Crippen molar-refractivity contribution < 1.29 is 34.6 Å². The topological polar surface area (TPSA) is 185 Å². The minimum Gasteiger partial charge on any atom is -0.389 e. The number of nitrogens with one attached hydrogen (secondary N) is 2. The molecule has 0 aromatic heterocycles. The number of aliphatic hydroxyl groups is 4. The molecule has 12 atom stereocenters. The second-order valence-electron chi connectivity index (χ2n) is 7.62. The Kier molecular flexibility index (Phi) is 6.71. The lowest BCUT2D eigenvalue weighted by atomic mass is 9.84. The lowest BCUT2D eigenvalue weighted by molar-refractivity contribution is -0.329. The summed E-state index contributed by atoms with van der Waals surface area (Å²) in [6, 6.07) is -2.21. The van der Waals surface area contributed by atoms with Crippen molar-refractivity contribution in [1.29, 1.82) is 0 Å². The summed E-state index contributed by atoms with van der Waals surface area (Å²) in [4.78, 5) is 0. The van der Waals surface area contributed by atoms with Gasteiger partial charge in [-0.2, -0.15) is 0 Å². The number of hydrogen-bond acceptors (Lipinski definition) is 11. The van der Waals surface area contributed by atoms with Crippen molar-refractivity contribution in [3.8, 4) is 0 Å². The van der Waals surface area contributed by atoms with Gasteiger partial charge in [0.15, 0.2) is 12.6 Å². The van der Waals surface area contributed by atoms with E-state index in [2.05, 4.69) is 10.6 Å². The van der Waals surface area contributed by atoms with Gasteiger partial charge >= 0.3 is 0 Å². The van der Waals surface area contributed by atoms with Crippen LogP contribution in [0.25, 0.3) is 0 Å². The Morgan fingerprint density at radius 1 is 0.889 bits per heavy atom. The van der Waals surface area contributed by atoms with Gasteiger partial charge in [0.1, 0.15) is 24.4 Å². The molecule has 10 N–H and O–H groups in total. The quantitative estimate of drug-likeness (QED) is 0.231. The highest BCUT2D eigenvalue weighted by Gasteiger charge is 2.51. The number of nitrogens with two attached hydrogens (primary N) is 2. The Labute approximate surface area is 157 Å². The molecule has 2 saturated heterocycles. The smallest absolute Gasteiger partial charge is 0.173 e. The monoisotopic (exact) mass is 392 g/mol. The van der Waals surface area contributed by atoms with Crippen LogP contribution in [0.5, 0.6) is 0 Å². The molecule has 5 unspecified atom stereocenters. The third kappa shape index (κ3) is 4.00. The Bertz CT molecular complexity index is 501. The average Bonchev–Trinajstić information content (AvgIpc) is 2.62. The molecule has 0 bridgehead atoms. The van der Waals surface area contributed by atoms with Gasteiger partial charge in [-0.1, -0.05) is 0 Å². The predicted molar refractivity (Wildman–Crippen MR) is 93.3 cm³/mol. The molecule has 2 aliphatic heterocycles. The first kappa shape index (κ1) is 21.3. The van der Waals surface area contributed by atoms with E-state index >= 15 is 0 Å². The second kappa shape index (κ2) is 8.51. The fourth-order valence-electron chi connectivity index (χ4n) is 4.25. The highest BCUT2D eigenvalue weighted by molar-refractivity contribution is 5.01. The van der Waals surface area contributed by atoms with Crippen LogP contribution in [0.4, 0.5) is 0 Å². The fraction of sp³-hybridized carbons (Fsp3) is 1.00. The van der Waals surface area contributed by atoms with Crippen LogP contribution in [-0.4, -0.2) is 108 Å². The Hall–Kier alpha value is -0.440. The first-order valence-electron chi connectivity index (χ1n) is 9.32. The van der Waals surface area contributed by atoms with E-state index < -0.39 is 67.3 Å². The van der Waals surface area contributed by atoms with E-state index in [1.807, 2.05) is 0 Å². The van der Waals surface area contributed by atoms with Crippen LogP contribution >= 0.6 is 0 Å². The van der Waals surface area contributed by atoms with Crippen molar-refractivity contribution in [3.05, 3.63) is 0 Å². The molecule has 158 valence electrons. The van der Waals surface area contributed by atoms with Crippen LogP contribution < -0.4 is 22.1 Å². The van der Waals surface area contributed by atoms with Gasteiger partial charge in [0.2, 0.25) is 0 Å². The molecule has 0 aromatic rings. The third-order valence-corrected chi connectivity index (χ3v) is 5.88. The van der Waals surface area contributed by atoms with Crippen LogP contribution in [-0.2, 0) is 14.2 Å². The molecule has 11 heteroatoms. The van der Waals surface area contributed by atoms with Gasteiger partial charge in [-0.05, 0) is 26.9 Å². The van der Waals surface area contributed by atoms with Crippen molar-refractivity contribution in [2.45, 2.75) is 86.2 Å². The molecule has 0 aromatic carbocycles. The zero-order valence-corrected chi connectivity index (χ0v) is 15.5. The Morgan fingerprint density at radius 3 is 2.22 bits per heavy atom. The summed E-state index contributed by atoms with van der Waals surface area (Å²) in [5.74, 6) is 0. The van der Waals surface area contributed by atoms with E-state index in [1.165, 1.54) is 0 Å². The van der Waals surface area contributed by atoms with Gasteiger partial charge in [-0.3, -0.25) is 0 Å². The summed E-state index contributed by atoms with van der Waals surface area (Å²) in [5.41, 5.74) is 12.3. The SMILES string of the molecule is CNC1C(O)[C@H]2O[C@H](O[C@@H]3C(N)C[C@@H](NC)C(O)[C@H]3O)C(N)C[C@@H]2O[C@@H]1O. The van der Waals surface area contributed by atoms with Crippen LogP contribution in [0.2, 0.25) is 0 Å². The molecular weight excluding hydrogens is 360 g/mol. The number of rotatable bonds is 4. The molecular formula is C16H32N4O7. The molecule has 27 heavy (non-hydrogen) atoms. The standard InChI is InChI=1S/C16H32N4O7/c1-19-7-3-5(17)13(12(23)10(7)21)26-16-6(18)4-8-14(27-16)11(22)9(20-2)15(24)25-8/h5-16,19-24H,3-4,17-18H2,1-2H3/t5?,6?,7-,8+,9?,10?,11?,12-,13-,14+,15+,16+/m1/s1. The van der Waals surface area contributed by atoms with Crippen LogP contribution in [0.15, 0.2) is 0 Å². The van der Waals surface area contributed by atoms with E-state index in [9.17, 15) is 20.4 Å². The Balaban J connectivity index is 1.69. The maximum atomic E-state index is 10.5. The fourth-order valence-corrected chi connectivity index (χ4v) is 4.25. The summed E-state index contributed by atoms with van der Waals surface area (Å²) in [6.07, 6.45) is -6.92. The molecule has 3 fully saturated rings. The van der Waals surface area contributed by atoms with Gasteiger partial charge in [-0.15, -0.1) is 0 Å². The third-order valence-electron chi connectivity index (χ3n) is 5.88. The maximum Gasteiger partial charge on any atom is 0.173 e. The summed E-state index contributed by atoms with van der Waals surface area (Å²) < 4.78 is 17.2. The molecule has 3 rings (SSSR count). The molecule has 3 aliphatic rings. The van der Waals surface area contributed by atoms with E-state index in [1.54, 1.807) is 14.1 Å². The molecule has 1 saturated carbocycles. The average molecular weight is 392 g/mol. The lowest BCUT2D eigenvalue weighted by Crippen LogP contribution is -2.69. The summed E-state index contributed by atoms with van der Waals surface area (Å²) in [6.45, 7) is 0. The van der Waals surface area contributed by atoms with E-state index in [0.29, 0.717) is 12.8 Å². The van der Waals surface area contributed by atoms with Gasteiger partial charge in [-0.25, -0.2) is 0 Å². The van der Waals surface area contributed by atoms with Gasteiger partial charge in [0, 0.05) is 12.1 Å². The normalized spacial score (nSPS) is 53.8. The zero-order valence-electron chi connectivity index (χ0n) is 15.5. The highest BCUT2D eigenvalue weighted by atomic mass is 16.7. The zero-order chi connectivity index (χ0) is 19.9. The van der Waals surface area contributed by atoms with Gasteiger partial charge in [0.25, 0.3) is 0 Å². The number of fused-ring (bicyclic) bond motifs is 1. The van der Waals surface area contributed by atoms with Crippen molar-refractivity contribution in [1.82, 2.24) is 10.6 Å². The predicted octanol–water partition coefficient (Wildman–Crippen LogP) is -4.48. The molecule has 11 nitrogen and oxygen atoms in total. The summed E-state index contributed by atoms with van der Waals surface area (Å²) in [7, 11) is 3.28. The Morgan fingerprint density at radius 2 is 1.59 bits per heavy atom. The van der Waals surface area contributed by atoms with Crippen molar-refractivity contribution in [2.24, 2.45) is 11.5 Å². The number of ether oxygens (including phenoxy) is 3. The van der Waals surface area contributed by atoms with Crippen molar-refractivity contribution >= 4 is 0 Å². The summed E-state index contributed by atoms with van der Waals surface area (Å²) in [5, 5.41) is 46.9. The lowest BCUT2D eigenvalue weighted by Gasteiger charge is -2.50. The van der Waals surface area contributed by atoms with E-state index in [-0.39, 0.29) is 6.04 Å². The molecule has 2 heterocycles. The number of hydrogen-bond donors (Lipinski definition) is 8. The van der Waals surface area contributed by atoms with E-state index in [4.69, 9.17) is 25.7 Å². The van der Waals surface area contributed by atoms with E-state index in [0.717, 1.165) is 0 Å². The molecule has 0 amide bonds. The van der Waals surface area contributed by atoms with Crippen molar-refractivity contribution in [3.63, 3.8) is 0 Å².